The molecule has 1 heterocycles. The lowest BCUT2D eigenvalue weighted by Crippen LogP contribution is -2.37. The van der Waals surface area contributed by atoms with Crippen molar-refractivity contribution in [2.24, 2.45) is 5.73 Å². The third-order valence-corrected chi connectivity index (χ3v) is 3.46. The number of aryl methyl sites for hydroxylation is 1. The van der Waals surface area contributed by atoms with E-state index in [1.165, 1.54) is 0 Å². The van der Waals surface area contributed by atoms with Gasteiger partial charge in [0.05, 0.1) is 6.20 Å². The van der Waals surface area contributed by atoms with E-state index < -0.39 is 5.67 Å². The molecular weight excluding hydrogens is 205 g/mol. The summed E-state index contributed by atoms with van der Waals surface area (Å²) in [6.45, 7) is 2.87. The van der Waals surface area contributed by atoms with Crippen LogP contribution in [0.3, 0.4) is 0 Å². The third kappa shape index (κ3) is 2.61. The van der Waals surface area contributed by atoms with E-state index in [-0.39, 0.29) is 6.04 Å². The number of nitrogens with zero attached hydrogens (tertiary/aromatic N) is 2. The highest BCUT2D eigenvalue weighted by atomic mass is 19.1. The number of rotatable bonds is 3. The van der Waals surface area contributed by atoms with Crippen LogP contribution in [0.15, 0.2) is 12.4 Å². The second-order valence-corrected chi connectivity index (χ2v) is 4.87. The van der Waals surface area contributed by atoms with Gasteiger partial charge in [-0.1, -0.05) is 0 Å². The molecule has 0 spiro atoms. The zero-order valence-electron chi connectivity index (χ0n) is 9.82. The first-order valence-corrected chi connectivity index (χ1v) is 6.07. The Bertz CT molecular complexity index is 340. The van der Waals surface area contributed by atoms with Gasteiger partial charge in [-0.3, -0.25) is 4.68 Å². The topological polar surface area (TPSA) is 43.8 Å². The predicted octanol–water partition coefficient (Wildman–Crippen LogP) is 2.06. The summed E-state index contributed by atoms with van der Waals surface area (Å²) < 4.78 is 16.3. The van der Waals surface area contributed by atoms with Crippen LogP contribution in [0, 0.1) is 0 Å². The lowest BCUT2D eigenvalue weighted by molar-refractivity contribution is 0.0995. The maximum absolute atomic E-state index is 14.5. The van der Waals surface area contributed by atoms with E-state index in [0.29, 0.717) is 19.3 Å². The third-order valence-electron chi connectivity index (χ3n) is 3.46. The number of nitrogens with two attached hydrogens (primary N) is 1. The minimum Gasteiger partial charge on any atom is -0.328 e. The van der Waals surface area contributed by atoms with E-state index in [0.717, 1.165) is 24.9 Å². The summed E-state index contributed by atoms with van der Waals surface area (Å²) in [5.74, 6) is 0. The van der Waals surface area contributed by atoms with Gasteiger partial charge in [-0.2, -0.15) is 5.10 Å². The van der Waals surface area contributed by atoms with E-state index in [2.05, 4.69) is 5.10 Å². The summed E-state index contributed by atoms with van der Waals surface area (Å²) >= 11 is 0. The fourth-order valence-corrected chi connectivity index (χ4v) is 2.37. The Morgan fingerprint density at radius 2 is 2.25 bits per heavy atom. The standard InChI is InChI=1S/C12H20FN3/c1-2-16-9-10(8-15-16)7-12(13)5-3-11(14)4-6-12/h8-9,11H,2-7,14H2,1H3. The number of aromatic nitrogens is 2. The van der Waals surface area contributed by atoms with Crippen LogP contribution in [0.2, 0.25) is 0 Å². The molecule has 0 radical (unpaired) electrons. The Labute approximate surface area is 95.8 Å². The van der Waals surface area contributed by atoms with E-state index in [1.807, 2.05) is 17.8 Å². The molecule has 0 amide bonds. The Balaban J connectivity index is 1.97. The van der Waals surface area contributed by atoms with Gasteiger partial charge in [0.2, 0.25) is 0 Å². The summed E-state index contributed by atoms with van der Waals surface area (Å²) in [6, 6.07) is 0.197. The molecule has 1 aliphatic carbocycles. The van der Waals surface area contributed by atoms with E-state index >= 15 is 0 Å². The molecule has 0 saturated heterocycles. The molecule has 0 bridgehead atoms. The van der Waals surface area contributed by atoms with Gasteiger partial charge in [0.1, 0.15) is 5.67 Å². The van der Waals surface area contributed by atoms with Crippen molar-refractivity contribution in [1.82, 2.24) is 9.78 Å². The van der Waals surface area contributed by atoms with Crippen LogP contribution in [-0.2, 0) is 13.0 Å². The van der Waals surface area contributed by atoms with Gasteiger partial charge in [-0.05, 0) is 38.2 Å². The maximum atomic E-state index is 14.5. The van der Waals surface area contributed by atoms with E-state index in [9.17, 15) is 4.39 Å². The molecule has 1 aromatic heterocycles. The van der Waals surface area contributed by atoms with E-state index in [4.69, 9.17) is 5.73 Å². The van der Waals surface area contributed by atoms with Crippen LogP contribution in [0.25, 0.3) is 0 Å². The highest BCUT2D eigenvalue weighted by Crippen LogP contribution is 2.34. The minimum absolute atomic E-state index is 0.197. The molecule has 0 aromatic carbocycles. The van der Waals surface area contributed by atoms with Crippen LogP contribution in [0.5, 0.6) is 0 Å². The fourth-order valence-electron chi connectivity index (χ4n) is 2.37. The predicted molar refractivity (Wildman–Crippen MR) is 61.9 cm³/mol. The first-order chi connectivity index (χ1) is 7.61. The molecule has 4 heteroatoms. The van der Waals surface area contributed by atoms with Gasteiger partial charge >= 0.3 is 0 Å². The van der Waals surface area contributed by atoms with Crippen molar-refractivity contribution in [3.63, 3.8) is 0 Å². The molecule has 1 saturated carbocycles. The molecule has 0 unspecified atom stereocenters. The van der Waals surface area contributed by atoms with Crippen LogP contribution in [-0.4, -0.2) is 21.5 Å². The van der Waals surface area contributed by atoms with Crippen molar-refractivity contribution >= 4 is 0 Å². The lowest BCUT2D eigenvalue weighted by Gasteiger charge is -2.32. The SMILES string of the molecule is CCn1cc(CC2(F)CCC(N)CC2)cn1. The zero-order chi connectivity index (χ0) is 11.6. The van der Waals surface area contributed by atoms with Gasteiger partial charge in [-0.15, -0.1) is 0 Å². The number of hydrogen-bond donors (Lipinski definition) is 1. The van der Waals surface area contributed by atoms with Gasteiger partial charge in [-0.25, -0.2) is 4.39 Å². The quantitative estimate of drug-likeness (QED) is 0.855. The summed E-state index contributed by atoms with van der Waals surface area (Å²) in [6.07, 6.45) is 6.99. The summed E-state index contributed by atoms with van der Waals surface area (Å²) in [7, 11) is 0. The van der Waals surface area contributed by atoms with Crippen molar-refractivity contribution in [2.45, 2.75) is 57.3 Å². The molecule has 1 aromatic rings. The minimum atomic E-state index is -1.06. The van der Waals surface area contributed by atoms with Crippen LogP contribution in [0.1, 0.15) is 38.2 Å². The average molecular weight is 225 g/mol. The Morgan fingerprint density at radius 3 is 2.81 bits per heavy atom. The summed E-state index contributed by atoms with van der Waals surface area (Å²) in [4.78, 5) is 0. The van der Waals surface area contributed by atoms with Crippen molar-refractivity contribution in [1.29, 1.82) is 0 Å². The van der Waals surface area contributed by atoms with E-state index in [1.54, 1.807) is 6.20 Å². The molecule has 0 atom stereocenters. The molecule has 1 fully saturated rings. The van der Waals surface area contributed by atoms with Crippen LogP contribution < -0.4 is 5.73 Å². The van der Waals surface area contributed by atoms with Crippen molar-refractivity contribution in [3.8, 4) is 0 Å². The highest BCUT2D eigenvalue weighted by molar-refractivity contribution is 5.09. The normalized spacial score (nSPS) is 30.6. The molecular formula is C12H20FN3. The van der Waals surface area contributed by atoms with Crippen LogP contribution >= 0.6 is 0 Å². The van der Waals surface area contributed by atoms with Crippen molar-refractivity contribution in [2.75, 3.05) is 0 Å². The number of hydrogen-bond acceptors (Lipinski definition) is 2. The second kappa shape index (κ2) is 4.53. The number of alkyl halides is 1. The van der Waals surface area contributed by atoms with Crippen molar-refractivity contribution in [3.05, 3.63) is 18.0 Å². The summed E-state index contributed by atoms with van der Waals surface area (Å²) in [5.41, 5.74) is 5.73. The summed E-state index contributed by atoms with van der Waals surface area (Å²) in [5, 5.41) is 4.17. The average Bonchev–Trinajstić information content (AvgIpc) is 2.70. The molecule has 1 aliphatic rings. The van der Waals surface area contributed by atoms with Gasteiger partial charge < -0.3 is 5.73 Å². The van der Waals surface area contributed by atoms with Gasteiger partial charge in [0, 0.05) is 25.2 Å². The molecule has 16 heavy (non-hydrogen) atoms. The maximum Gasteiger partial charge on any atom is 0.115 e. The molecule has 2 N–H and O–H groups in total. The van der Waals surface area contributed by atoms with Crippen molar-refractivity contribution < 1.29 is 4.39 Å². The smallest absolute Gasteiger partial charge is 0.115 e. The molecule has 0 aliphatic heterocycles. The van der Waals surface area contributed by atoms with Gasteiger partial charge in [0.25, 0.3) is 0 Å². The van der Waals surface area contributed by atoms with Gasteiger partial charge in [0.15, 0.2) is 0 Å². The van der Waals surface area contributed by atoms with Crippen LogP contribution in [0.4, 0.5) is 4.39 Å². The Kier molecular flexibility index (Phi) is 3.28. The lowest BCUT2D eigenvalue weighted by atomic mass is 9.80. The molecule has 90 valence electrons. The zero-order valence-corrected chi connectivity index (χ0v) is 9.82. The molecule has 3 nitrogen and oxygen atoms in total. The first-order valence-electron chi connectivity index (χ1n) is 6.07. The Morgan fingerprint density at radius 1 is 1.56 bits per heavy atom. The Hall–Kier alpha value is -0.900. The molecule has 2 rings (SSSR count). The highest BCUT2D eigenvalue weighted by Gasteiger charge is 2.34. The largest absolute Gasteiger partial charge is 0.328 e. The fraction of sp³-hybridized carbons (Fsp3) is 0.750. The first kappa shape index (κ1) is 11.6. The number of halogens is 1. The second-order valence-electron chi connectivity index (χ2n) is 4.87. The monoisotopic (exact) mass is 225 g/mol.